The number of hydrogen-bond acceptors (Lipinski definition) is 4. The highest BCUT2D eigenvalue weighted by Gasteiger charge is 2.14. The smallest absolute Gasteiger partial charge is 0.336 e. The molecule has 21 heavy (non-hydrogen) atoms. The van der Waals surface area contributed by atoms with Gasteiger partial charge in [-0.05, 0) is 18.2 Å². The van der Waals surface area contributed by atoms with Crippen LogP contribution in [-0.4, -0.2) is 23.1 Å². The lowest BCUT2D eigenvalue weighted by Crippen LogP contribution is -2.18. The fraction of sp³-hybridized carbons (Fsp3) is 0.125. The van der Waals surface area contributed by atoms with E-state index in [4.69, 9.17) is 4.42 Å². The molecule has 1 N–H and O–H groups in total. The molecule has 0 aliphatic carbocycles. The molecule has 5 heteroatoms. The van der Waals surface area contributed by atoms with Crippen LogP contribution in [0.4, 0.5) is 5.82 Å². The molecular weight excluding hydrogens is 268 g/mol. The number of carboxylic acid groups (broad SMARTS) is 1. The molecule has 3 aromatic rings. The Labute approximate surface area is 121 Å². The molecule has 0 aliphatic rings. The molecular formula is C16H14N2O3. The van der Waals surface area contributed by atoms with Crippen LogP contribution in [0, 0.1) is 0 Å². The molecule has 0 atom stereocenters. The number of aromatic carboxylic acids is 1. The quantitative estimate of drug-likeness (QED) is 0.796. The summed E-state index contributed by atoms with van der Waals surface area (Å²) in [7, 11) is 1.87. The van der Waals surface area contributed by atoms with E-state index in [9.17, 15) is 9.90 Å². The van der Waals surface area contributed by atoms with Crippen molar-refractivity contribution in [1.82, 2.24) is 4.98 Å². The molecule has 2 heterocycles. The highest BCUT2D eigenvalue weighted by atomic mass is 16.4. The standard InChI is InChI=1S/C16H14N2O3/c1-18(9-11-6-7-21-10-11)15-8-13(16(19)20)12-4-2-3-5-14(12)17-15/h2-8,10H,9H2,1H3,(H,19,20). The average molecular weight is 282 g/mol. The zero-order valence-corrected chi connectivity index (χ0v) is 11.5. The number of aromatic nitrogens is 1. The summed E-state index contributed by atoms with van der Waals surface area (Å²) < 4.78 is 5.04. The summed E-state index contributed by atoms with van der Waals surface area (Å²) in [5.41, 5.74) is 1.94. The summed E-state index contributed by atoms with van der Waals surface area (Å²) in [6.45, 7) is 0.598. The summed E-state index contributed by atoms with van der Waals surface area (Å²) in [5, 5.41) is 10.0. The van der Waals surface area contributed by atoms with E-state index < -0.39 is 5.97 Å². The Kier molecular flexibility index (Phi) is 3.31. The molecule has 0 radical (unpaired) electrons. The minimum atomic E-state index is -0.952. The largest absolute Gasteiger partial charge is 0.478 e. The van der Waals surface area contributed by atoms with Crippen molar-refractivity contribution in [1.29, 1.82) is 0 Å². The predicted molar refractivity (Wildman–Crippen MR) is 79.5 cm³/mol. The molecule has 0 unspecified atom stereocenters. The van der Waals surface area contributed by atoms with Crippen LogP contribution in [0.2, 0.25) is 0 Å². The Bertz CT molecular complexity index is 781. The molecule has 0 saturated carbocycles. The van der Waals surface area contributed by atoms with Crippen molar-refractivity contribution in [3.8, 4) is 0 Å². The summed E-state index contributed by atoms with van der Waals surface area (Å²) in [6, 6.07) is 10.7. The third kappa shape index (κ3) is 2.58. The summed E-state index contributed by atoms with van der Waals surface area (Å²) in [4.78, 5) is 17.9. The lowest BCUT2D eigenvalue weighted by atomic mass is 10.1. The normalized spacial score (nSPS) is 10.7. The first-order valence-corrected chi connectivity index (χ1v) is 6.50. The molecule has 0 bridgehead atoms. The van der Waals surface area contributed by atoms with Gasteiger partial charge in [-0.1, -0.05) is 18.2 Å². The van der Waals surface area contributed by atoms with Gasteiger partial charge < -0.3 is 14.4 Å². The Morgan fingerprint density at radius 1 is 1.33 bits per heavy atom. The maximum atomic E-state index is 11.4. The summed E-state index contributed by atoms with van der Waals surface area (Å²) >= 11 is 0. The van der Waals surface area contributed by atoms with Gasteiger partial charge in [0.1, 0.15) is 5.82 Å². The van der Waals surface area contributed by atoms with E-state index in [2.05, 4.69) is 4.98 Å². The third-order valence-corrected chi connectivity index (χ3v) is 3.32. The molecule has 2 aromatic heterocycles. The minimum Gasteiger partial charge on any atom is -0.478 e. The average Bonchev–Trinajstić information content (AvgIpc) is 2.98. The Morgan fingerprint density at radius 2 is 2.14 bits per heavy atom. The number of rotatable bonds is 4. The number of carboxylic acids is 1. The second kappa shape index (κ2) is 5.28. The molecule has 0 aliphatic heterocycles. The topological polar surface area (TPSA) is 66.6 Å². The highest BCUT2D eigenvalue weighted by Crippen LogP contribution is 2.23. The van der Waals surface area contributed by atoms with Gasteiger partial charge >= 0.3 is 5.97 Å². The molecule has 106 valence electrons. The lowest BCUT2D eigenvalue weighted by Gasteiger charge is -2.18. The number of hydrogen-bond donors (Lipinski definition) is 1. The molecule has 0 saturated heterocycles. The second-order valence-corrected chi connectivity index (χ2v) is 4.84. The number of pyridine rings is 1. The van der Waals surface area contributed by atoms with Gasteiger partial charge in [0.15, 0.2) is 0 Å². The van der Waals surface area contributed by atoms with Crippen LogP contribution < -0.4 is 4.90 Å². The van der Waals surface area contributed by atoms with Crippen molar-refractivity contribution >= 4 is 22.7 Å². The number of fused-ring (bicyclic) bond motifs is 1. The minimum absolute atomic E-state index is 0.259. The van der Waals surface area contributed by atoms with Crippen LogP contribution in [0.15, 0.2) is 53.3 Å². The van der Waals surface area contributed by atoms with Crippen molar-refractivity contribution in [2.75, 3.05) is 11.9 Å². The molecule has 5 nitrogen and oxygen atoms in total. The van der Waals surface area contributed by atoms with Crippen LogP contribution in [-0.2, 0) is 6.54 Å². The van der Waals surface area contributed by atoms with Gasteiger partial charge in [-0.2, -0.15) is 0 Å². The van der Waals surface area contributed by atoms with Crippen LogP contribution in [0.3, 0.4) is 0 Å². The maximum absolute atomic E-state index is 11.4. The van der Waals surface area contributed by atoms with E-state index in [0.717, 1.165) is 5.56 Å². The maximum Gasteiger partial charge on any atom is 0.336 e. The monoisotopic (exact) mass is 282 g/mol. The highest BCUT2D eigenvalue weighted by molar-refractivity contribution is 6.03. The first-order chi connectivity index (χ1) is 10.1. The van der Waals surface area contributed by atoms with Crippen LogP contribution >= 0.6 is 0 Å². The van der Waals surface area contributed by atoms with Crippen molar-refractivity contribution in [2.24, 2.45) is 0 Å². The molecule has 3 rings (SSSR count). The number of anilines is 1. The first kappa shape index (κ1) is 13.2. The molecule has 0 fully saturated rings. The second-order valence-electron chi connectivity index (χ2n) is 4.84. The fourth-order valence-corrected chi connectivity index (χ4v) is 2.27. The Morgan fingerprint density at radius 3 is 2.86 bits per heavy atom. The SMILES string of the molecule is CN(Cc1ccoc1)c1cc(C(=O)O)c2ccccc2n1. The Balaban J connectivity index is 2.04. The van der Waals surface area contributed by atoms with Gasteiger partial charge in [-0.25, -0.2) is 9.78 Å². The van der Waals surface area contributed by atoms with E-state index in [1.165, 1.54) is 0 Å². The molecule has 0 spiro atoms. The predicted octanol–water partition coefficient (Wildman–Crippen LogP) is 3.16. The molecule has 1 aromatic carbocycles. The number of para-hydroxylation sites is 1. The Hall–Kier alpha value is -2.82. The van der Waals surface area contributed by atoms with Crippen molar-refractivity contribution < 1.29 is 14.3 Å². The van der Waals surface area contributed by atoms with Crippen molar-refractivity contribution in [3.63, 3.8) is 0 Å². The van der Waals surface area contributed by atoms with Gasteiger partial charge in [0, 0.05) is 24.5 Å². The van der Waals surface area contributed by atoms with Gasteiger partial charge in [0.05, 0.1) is 23.6 Å². The molecule has 0 amide bonds. The number of benzene rings is 1. The van der Waals surface area contributed by atoms with Crippen molar-refractivity contribution in [3.05, 3.63) is 60.1 Å². The zero-order chi connectivity index (χ0) is 14.8. The number of furan rings is 1. The fourth-order valence-electron chi connectivity index (χ4n) is 2.27. The van der Waals surface area contributed by atoms with Gasteiger partial charge in [-0.3, -0.25) is 0 Å². The van der Waals surface area contributed by atoms with Gasteiger partial charge in [0.25, 0.3) is 0 Å². The van der Waals surface area contributed by atoms with E-state index in [1.54, 1.807) is 24.7 Å². The van der Waals surface area contributed by atoms with E-state index >= 15 is 0 Å². The first-order valence-electron chi connectivity index (χ1n) is 6.50. The van der Waals surface area contributed by atoms with E-state index in [0.29, 0.717) is 23.3 Å². The number of carbonyl (C=O) groups is 1. The van der Waals surface area contributed by atoms with E-state index in [1.807, 2.05) is 36.2 Å². The zero-order valence-electron chi connectivity index (χ0n) is 11.5. The van der Waals surface area contributed by atoms with Gasteiger partial charge in [0.2, 0.25) is 0 Å². The lowest BCUT2D eigenvalue weighted by molar-refractivity contribution is 0.0699. The number of nitrogens with zero attached hydrogens (tertiary/aromatic N) is 2. The van der Waals surface area contributed by atoms with Crippen molar-refractivity contribution in [2.45, 2.75) is 6.54 Å². The summed E-state index contributed by atoms with van der Waals surface area (Å²) in [6.07, 6.45) is 3.27. The van der Waals surface area contributed by atoms with Crippen LogP contribution in [0.5, 0.6) is 0 Å². The van der Waals surface area contributed by atoms with Crippen LogP contribution in [0.1, 0.15) is 15.9 Å². The van der Waals surface area contributed by atoms with Gasteiger partial charge in [-0.15, -0.1) is 0 Å². The van der Waals surface area contributed by atoms with E-state index in [-0.39, 0.29) is 5.56 Å². The third-order valence-electron chi connectivity index (χ3n) is 3.32. The van der Waals surface area contributed by atoms with Crippen LogP contribution in [0.25, 0.3) is 10.9 Å². The summed E-state index contributed by atoms with van der Waals surface area (Å²) in [5.74, 6) is -0.334.